The molecular formula is C10H6F2N2. The zero-order valence-electron chi connectivity index (χ0n) is 7.11. The number of hydrogen-bond acceptors (Lipinski definition) is 2. The van der Waals surface area contributed by atoms with Crippen molar-refractivity contribution in [2.45, 2.75) is 0 Å². The number of rotatable bonds is 1. The lowest BCUT2D eigenvalue weighted by atomic mass is 10.1. The van der Waals surface area contributed by atoms with E-state index in [2.05, 4.69) is 10.2 Å². The maximum Gasteiger partial charge on any atom is 0.135 e. The predicted molar refractivity (Wildman–Crippen MR) is 47.4 cm³/mol. The van der Waals surface area contributed by atoms with Crippen molar-refractivity contribution < 1.29 is 8.78 Å². The van der Waals surface area contributed by atoms with Crippen molar-refractivity contribution in [3.8, 4) is 11.3 Å². The molecule has 0 amide bonds. The molecule has 0 saturated carbocycles. The van der Waals surface area contributed by atoms with E-state index in [4.69, 9.17) is 0 Å². The molecule has 0 fully saturated rings. The summed E-state index contributed by atoms with van der Waals surface area (Å²) in [5, 5.41) is 7.20. The maximum absolute atomic E-state index is 13.2. The Balaban J connectivity index is 2.63. The van der Waals surface area contributed by atoms with Crippen molar-refractivity contribution in [3.63, 3.8) is 0 Å². The van der Waals surface area contributed by atoms with Gasteiger partial charge < -0.3 is 0 Å². The van der Waals surface area contributed by atoms with Crippen LogP contribution in [0.3, 0.4) is 0 Å². The first-order valence-corrected chi connectivity index (χ1v) is 4.01. The second-order valence-electron chi connectivity index (χ2n) is 2.71. The van der Waals surface area contributed by atoms with Crippen LogP contribution >= 0.6 is 0 Å². The molecule has 0 spiro atoms. The molecule has 1 aromatic heterocycles. The minimum absolute atomic E-state index is 0.138. The van der Waals surface area contributed by atoms with Gasteiger partial charge in [-0.2, -0.15) is 10.2 Å². The van der Waals surface area contributed by atoms with E-state index >= 15 is 0 Å². The molecule has 0 aliphatic heterocycles. The Hall–Kier alpha value is -1.84. The van der Waals surface area contributed by atoms with Crippen LogP contribution in [0.2, 0.25) is 0 Å². The molecule has 70 valence electrons. The number of hydrogen-bond donors (Lipinski definition) is 0. The van der Waals surface area contributed by atoms with Gasteiger partial charge in [0.2, 0.25) is 0 Å². The SMILES string of the molecule is Fc1cccc(F)c1-c1cccnn1. The lowest BCUT2D eigenvalue weighted by Gasteiger charge is -2.01. The highest BCUT2D eigenvalue weighted by Gasteiger charge is 2.11. The van der Waals surface area contributed by atoms with Gasteiger partial charge in [0.15, 0.2) is 0 Å². The molecule has 0 N–H and O–H groups in total. The lowest BCUT2D eigenvalue weighted by molar-refractivity contribution is 0.588. The van der Waals surface area contributed by atoms with Crippen LogP contribution in [0.25, 0.3) is 11.3 Å². The summed E-state index contributed by atoms with van der Waals surface area (Å²) in [5.74, 6) is -1.27. The summed E-state index contributed by atoms with van der Waals surface area (Å²) in [6.45, 7) is 0. The highest BCUT2D eigenvalue weighted by Crippen LogP contribution is 2.22. The zero-order valence-corrected chi connectivity index (χ0v) is 7.11. The minimum atomic E-state index is -0.634. The van der Waals surface area contributed by atoms with Crippen molar-refractivity contribution in [2.75, 3.05) is 0 Å². The second-order valence-corrected chi connectivity index (χ2v) is 2.71. The molecule has 0 unspecified atom stereocenters. The van der Waals surface area contributed by atoms with E-state index in [1.54, 1.807) is 6.07 Å². The Labute approximate surface area is 79.2 Å². The Bertz CT molecular complexity index is 423. The summed E-state index contributed by atoms with van der Waals surface area (Å²) in [4.78, 5) is 0. The largest absolute Gasteiger partial charge is 0.206 e. The van der Waals surface area contributed by atoms with Crippen LogP contribution in [0.4, 0.5) is 8.78 Å². The van der Waals surface area contributed by atoms with E-state index in [-0.39, 0.29) is 11.3 Å². The highest BCUT2D eigenvalue weighted by molar-refractivity contribution is 5.59. The molecule has 2 aromatic rings. The van der Waals surface area contributed by atoms with Gasteiger partial charge >= 0.3 is 0 Å². The molecule has 0 saturated heterocycles. The molecule has 0 bridgehead atoms. The van der Waals surface area contributed by atoms with Crippen LogP contribution in [0.15, 0.2) is 36.5 Å². The third-order valence-corrected chi connectivity index (χ3v) is 1.79. The normalized spacial score (nSPS) is 10.1. The first-order chi connectivity index (χ1) is 6.79. The fraction of sp³-hybridized carbons (Fsp3) is 0. The van der Waals surface area contributed by atoms with Crippen molar-refractivity contribution in [1.82, 2.24) is 10.2 Å². The monoisotopic (exact) mass is 192 g/mol. The van der Waals surface area contributed by atoms with E-state index in [0.717, 1.165) is 0 Å². The number of halogens is 2. The Morgan fingerprint density at radius 2 is 1.64 bits per heavy atom. The second kappa shape index (κ2) is 3.49. The molecular weight excluding hydrogens is 186 g/mol. The summed E-state index contributed by atoms with van der Waals surface area (Å²) in [5.41, 5.74) is 0.0590. The van der Waals surface area contributed by atoms with E-state index in [0.29, 0.717) is 0 Å². The van der Waals surface area contributed by atoms with Gasteiger partial charge in [0.05, 0.1) is 11.3 Å². The molecule has 1 heterocycles. The molecule has 4 heteroatoms. The van der Waals surface area contributed by atoms with Crippen molar-refractivity contribution in [1.29, 1.82) is 0 Å². The van der Waals surface area contributed by atoms with Crippen LogP contribution < -0.4 is 0 Å². The fourth-order valence-corrected chi connectivity index (χ4v) is 1.18. The molecule has 2 rings (SSSR count). The lowest BCUT2D eigenvalue weighted by Crippen LogP contribution is -1.93. The van der Waals surface area contributed by atoms with Gasteiger partial charge in [-0.05, 0) is 24.3 Å². The van der Waals surface area contributed by atoms with E-state index in [1.165, 1.54) is 30.5 Å². The summed E-state index contributed by atoms with van der Waals surface area (Å²) in [6, 6.07) is 6.77. The first-order valence-electron chi connectivity index (χ1n) is 4.01. The van der Waals surface area contributed by atoms with E-state index in [1.807, 2.05) is 0 Å². The van der Waals surface area contributed by atoms with Crippen molar-refractivity contribution in [2.24, 2.45) is 0 Å². The minimum Gasteiger partial charge on any atom is -0.206 e. The van der Waals surface area contributed by atoms with Gasteiger partial charge in [-0.25, -0.2) is 8.78 Å². The first kappa shape index (κ1) is 8.74. The van der Waals surface area contributed by atoms with E-state index in [9.17, 15) is 8.78 Å². The predicted octanol–water partition coefficient (Wildman–Crippen LogP) is 2.42. The Morgan fingerprint density at radius 3 is 2.21 bits per heavy atom. The van der Waals surface area contributed by atoms with Crippen LogP contribution in [-0.4, -0.2) is 10.2 Å². The van der Waals surface area contributed by atoms with Crippen LogP contribution in [-0.2, 0) is 0 Å². The molecule has 2 nitrogen and oxygen atoms in total. The summed E-state index contributed by atoms with van der Waals surface area (Å²) >= 11 is 0. The molecule has 14 heavy (non-hydrogen) atoms. The third-order valence-electron chi connectivity index (χ3n) is 1.79. The van der Waals surface area contributed by atoms with Gasteiger partial charge in [0.25, 0.3) is 0 Å². The topological polar surface area (TPSA) is 25.8 Å². The van der Waals surface area contributed by atoms with Crippen molar-refractivity contribution >= 4 is 0 Å². The molecule has 0 atom stereocenters. The molecule has 0 aliphatic carbocycles. The maximum atomic E-state index is 13.2. The number of benzene rings is 1. The fourth-order valence-electron chi connectivity index (χ4n) is 1.18. The van der Waals surface area contributed by atoms with Crippen LogP contribution in [0, 0.1) is 11.6 Å². The van der Waals surface area contributed by atoms with Gasteiger partial charge in [-0.3, -0.25) is 0 Å². The number of aromatic nitrogens is 2. The zero-order chi connectivity index (χ0) is 9.97. The summed E-state index contributed by atoms with van der Waals surface area (Å²) in [6.07, 6.45) is 1.45. The molecule has 0 radical (unpaired) electrons. The Kier molecular flexibility index (Phi) is 2.18. The van der Waals surface area contributed by atoms with Gasteiger partial charge in [-0.1, -0.05) is 6.07 Å². The highest BCUT2D eigenvalue weighted by atomic mass is 19.1. The summed E-state index contributed by atoms with van der Waals surface area (Å²) in [7, 11) is 0. The third kappa shape index (κ3) is 1.46. The molecule has 1 aromatic carbocycles. The quantitative estimate of drug-likeness (QED) is 0.693. The summed E-state index contributed by atoms with van der Waals surface area (Å²) < 4.78 is 26.5. The standard InChI is InChI=1S/C10H6F2N2/c11-7-3-1-4-8(12)10(7)9-5-2-6-13-14-9/h1-6H. The smallest absolute Gasteiger partial charge is 0.135 e. The average molecular weight is 192 g/mol. The van der Waals surface area contributed by atoms with Gasteiger partial charge in [0, 0.05) is 6.20 Å². The van der Waals surface area contributed by atoms with Crippen molar-refractivity contribution in [3.05, 3.63) is 48.2 Å². The van der Waals surface area contributed by atoms with E-state index < -0.39 is 11.6 Å². The van der Waals surface area contributed by atoms with Crippen LogP contribution in [0.1, 0.15) is 0 Å². The van der Waals surface area contributed by atoms with Gasteiger partial charge in [-0.15, -0.1) is 0 Å². The average Bonchev–Trinajstić information content (AvgIpc) is 2.19. The molecule has 0 aliphatic rings. The van der Waals surface area contributed by atoms with Crippen LogP contribution in [0.5, 0.6) is 0 Å². The Morgan fingerprint density at radius 1 is 0.929 bits per heavy atom. The number of nitrogens with zero attached hydrogens (tertiary/aromatic N) is 2. The van der Waals surface area contributed by atoms with Gasteiger partial charge in [0.1, 0.15) is 11.6 Å².